The van der Waals surface area contributed by atoms with E-state index in [1.807, 2.05) is 24.3 Å². The van der Waals surface area contributed by atoms with E-state index in [1.165, 1.54) is 11.3 Å². The van der Waals surface area contributed by atoms with Crippen LogP contribution in [-0.2, 0) is 17.6 Å². The molecule has 1 heterocycles. The summed E-state index contributed by atoms with van der Waals surface area (Å²) in [7, 11) is 1.60. The maximum atomic E-state index is 12.0. The van der Waals surface area contributed by atoms with Gasteiger partial charge in [-0.05, 0) is 12.5 Å². The Balaban J connectivity index is 1.97. The number of carbonyl (C=O) groups excluding carboxylic acids is 1. The van der Waals surface area contributed by atoms with Crippen molar-refractivity contribution in [2.24, 2.45) is 0 Å². The average molecular weight is 291 g/mol. The normalized spacial score (nSPS) is 10.3. The minimum Gasteiger partial charge on any atom is -0.496 e. The lowest BCUT2D eigenvalue weighted by molar-refractivity contribution is -0.115. The first kappa shape index (κ1) is 14.5. The molecular weight excluding hydrogens is 274 g/mol. The second kappa shape index (κ2) is 7.00. The molecular formula is C14H17N3O2S. The van der Waals surface area contributed by atoms with Gasteiger partial charge in [0.05, 0.1) is 13.5 Å². The number of methoxy groups -OCH3 is 1. The van der Waals surface area contributed by atoms with Gasteiger partial charge in [-0.1, -0.05) is 36.5 Å². The molecule has 1 amide bonds. The van der Waals surface area contributed by atoms with Crippen molar-refractivity contribution in [1.29, 1.82) is 0 Å². The predicted molar refractivity (Wildman–Crippen MR) is 79.2 cm³/mol. The van der Waals surface area contributed by atoms with Gasteiger partial charge in [-0.15, -0.1) is 10.2 Å². The topological polar surface area (TPSA) is 64.1 Å². The number of amides is 1. The highest BCUT2D eigenvalue weighted by molar-refractivity contribution is 7.15. The molecule has 1 aromatic carbocycles. The summed E-state index contributed by atoms with van der Waals surface area (Å²) in [4.78, 5) is 12.0. The standard InChI is InChI=1S/C14H17N3O2S/c1-3-6-13-16-17-14(20-13)15-12(18)9-10-7-4-5-8-11(10)19-2/h4-5,7-8H,3,6,9H2,1-2H3,(H,15,17,18). The molecule has 1 aromatic heterocycles. The Morgan fingerprint density at radius 3 is 2.90 bits per heavy atom. The quantitative estimate of drug-likeness (QED) is 0.888. The van der Waals surface area contributed by atoms with Crippen LogP contribution in [-0.4, -0.2) is 23.2 Å². The Morgan fingerprint density at radius 1 is 1.35 bits per heavy atom. The van der Waals surface area contributed by atoms with Gasteiger partial charge in [0.15, 0.2) is 0 Å². The van der Waals surface area contributed by atoms with Crippen molar-refractivity contribution in [3.8, 4) is 5.75 Å². The van der Waals surface area contributed by atoms with E-state index < -0.39 is 0 Å². The van der Waals surface area contributed by atoms with Crippen LogP contribution in [0, 0.1) is 0 Å². The molecule has 106 valence electrons. The van der Waals surface area contributed by atoms with Gasteiger partial charge < -0.3 is 10.1 Å². The maximum absolute atomic E-state index is 12.0. The molecule has 20 heavy (non-hydrogen) atoms. The fourth-order valence-corrected chi connectivity index (χ4v) is 2.66. The summed E-state index contributed by atoms with van der Waals surface area (Å²) in [6.45, 7) is 2.08. The molecule has 0 fully saturated rings. The molecule has 1 N–H and O–H groups in total. The molecule has 0 aliphatic heterocycles. The lowest BCUT2D eigenvalue weighted by Crippen LogP contribution is -2.14. The number of ether oxygens (including phenoxy) is 1. The molecule has 2 aromatic rings. The number of anilines is 1. The van der Waals surface area contributed by atoms with E-state index in [0.29, 0.717) is 10.9 Å². The van der Waals surface area contributed by atoms with E-state index in [2.05, 4.69) is 22.4 Å². The molecule has 5 nitrogen and oxygen atoms in total. The average Bonchev–Trinajstić information content (AvgIpc) is 2.87. The van der Waals surface area contributed by atoms with Gasteiger partial charge in [0.25, 0.3) is 0 Å². The first-order valence-corrected chi connectivity index (χ1v) is 7.28. The summed E-state index contributed by atoms with van der Waals surface area (Å²) >= 11 is 1.42. The highest BCUT2D eigenvalue weighted by Gasteiger charge is 2.11. The molecule has 2 rings (SSSR count). The molecule has 0 unspecified atom stereocenters. The van der Waals surface area contributed by atoms with Gasteiger partial charge >= 0.3 is 0 Å². The molecule has 0 aliphatic rings. The molecule has 0 saturated heterocycles. The Morgan fingerprint density at radius 2 is 2.15 bits per heavy atom. The first-order chi connectivity index (χ1) is 9.72. The van der Waals surface area contributed by atoms with Crippen LogP contribution in [0.15, 0.2) is 24.3 Å². The third-order valence-electron chi connectivity index (χ3n) is 2.72. The summed E-state index contributed by atoms with van der Waals surface area (Å²) in [6, 6.07) is 7.48. The summed E-state index contributed by atoms with van der Waals surface area (Å²) in [6.07, 6.45) is 2.16. The minimum absolute atomic E-state index is 0.117. The third kappa shape index (κ3) is 3.77. The Labute approximate surface area is 122 Å². The van der Waals surface area contributed by atoms with Gasteiger partial charge in [0.1, 0.15) is 10.8 Å². The van der Waals surface area contributed by atoms with Gasteiger partial charge in [-0.3, -0.25) is 4.79 Å². The summed E-state index contributed by atoms with van der Waals surface area (Å²) in [5.41, 5.74) is 0.853. The monoisotopic (exact) mass is 291 g/mol. The van der Waals surface area contributed by atoms with Crippen molar-refractivity contribution < 1.29 is 9.53 Å². The van der Waals surface area contributed by atoms with Gasteiger partial charge in [-0.2, -0.15) is 0 Å². The molecule has 6 heteroatoms. The van der Waals surface area contributed by atoms with Crippen LogP contribution >= 0.6 is 11.3 Å². The lowest BCUT2D eigenvalue weighted by atomic mass is 10.1. The second-order valence-electron chi connectivity index (χ2n) is 4.29. The zero-order valence-electron chi connectivity index (χ0n) is 11.5. The molecule has 0 spiro atoms. The Kier molecular flexibility index (Phi) is 5.06. The Bertz CT molecular complexity index is 583. The molecule has 0 aliphatic carbocycles. The number of aromatic nitrogens is 2. The SMILES string of the molecule is CCCc1nnc(NC(=O)Cc2ccccc2OC)s1. The van der Waals surface area contributed by atoms with Gasteiger partial charge in [-0.25, -0.2) is 0 Å². The molecule has 0 atom stereocenters. The fourth-order valence-electron chi connectivity index (χ4n) is 1.80. The van der Waals surface area contributed by atoms with Crippen molar-refractivity contribution in [2.45, 2.75) is 26.2 Å². The maximum Gasteiger partial charge on any atom is 0.230 e. The smallest absolute Gasteiger partial charge is 0.230 e. The number of benzene rings is 1. The minimum atomic E-state index is -0.117. The number of nitrogens with zero attached hydrogens (tertiary/aromatic N) is 2. The van der Waals surface area contributed by atoms with Crippen LogP contribution in [0.4, 0.5) is 5.13 Å². The van der Waals surface area contributed by atoms with E-state index in [9.17, 15) is 4.79 Å². The van der Waals surface area contributed by atoms with Crippen molar-refractivity contribution in [1.82, 2.24) is 10.2 Å². The summed E-state index contributed by atoms with van der Waals surface area (Å²) < 4.78 is 5.23. The highest BCUT2D eigenvalue weighted by atomic mass is 32.1. The number of rotatable bonds is 6. The summed E-state index contributed by atoms with van der Waals surface area (Å²) in [5, 5.41) is 12.3. The first-order valence-electron chi connectivity index (χ1n) is 6.47. The van der Waals surface area contributed by atoms with Crippen LogP contribution in [0.3, 0.4) is 0 Å². The van der Waals surface area contributed by atoms with Crippen LogP contribution in [0.25, 0.3) is 0 Å². The van der Waals surface area contributed by atoms with Crippen LogP contribution < -0.4 is 10.1 Å². The number of nitrogens with one attached hydrogen (secondary N) is 1. The number of carbonyl (C=O) groups is 1. The largest absolute Gasteiger partial charge is 0.496 e. The predicted octanol–water partition coefficient (Wildman–Crippen LogP) is 2.68. The zero-order chi connectivity index (χ0) is 14.4. The zero-order valence-corrected chi connectivity index (χ0v) is 12.4. The molecule has 0 bridgehead atoms. The van der Waals surface area contributed by atoms with E-state index >= 15 is 0 Å². The fraction of sp³-hybridized carbons (Fsp3) is 0.357. The highest BCUT2D eigenvalue weighted by Crippen LogP contribution is 2.20. The van der Waals surface area contributed by atoms with Crippen LogP contribution in [0.1, 0.15) is 23.9 Å². The molecule has 0 saturated carbocycles. The van der Waals surface area contributed by atoms with E-state index in [-0.39, 0.29) is 12.3 Å². The summed E-state index contributed by atoms with van der Waals surface area (Å²) in [5.74, 6) is 0.597. The van der Waals surface area contributed by atoms with Gasteiger partial charge in [0, 0.05) is 12.0 Å². The van der Waals surface area contributed by atoms with Crippen molar-refractivity contribution in [2.75, 3.05) is 12.4 Å². The Hall–Kier alpha value is -1.95. The third-order valence-corrected chi connectivity index (χ3v) is 3.62. The number of hydrogen-bond acceptors (Lipinski definition) is 5. The lowest BCUT2D eigenvalue weighted by Gasteiger charge is -2.07. The van der Waals surface area contributed by atoms with Gasteiger partial charge in [0.2, 0.25) is 11.0 Å². The van der Waals surface area contributed by atoms with E-state index in [4.69, 9.17) is 4.74 Å². The van der Waals surface area contributed by atoms with Crippen LogP contribution in [0.5, 0.6) is 5.75 Å². The number of hydrogen-bond donors (Lipinski definition) is 1. The van der Waals surface area contributed by atoms with E-state index in [0.717, 1.165) is 23.4 Å². The van der Waals surface area contributed by atoms with Crippen molar-refractivity contribution in [3.05, 3.63) is 34.8 Å². The van der Waals surface area contributed by atoms with E-state index in [1.54, 1.807) is 7.11 Å². The second-order valence-corrected chi connectivity index (χ2v) is 5.35. The molecule has 0 radical (unpaired) electrons. The van der Waals surface area contributed by atoms with Crippen molar-refractivity contribution >= 4 is 22.4 Å². The number of aryl methyl sites for hydroxylation is 1. The van der Waals surface area contributed by atoms with Crippen molar-refractivity contribution in [3.63, 3.8) is 0 Å². The van der Waals surface area contributed by atoms with Crippen LogP contribution in [0.2, 0.25) is 0 Å². The number of para-hydroxylation sites is 1.